The van der Waals surface area contributed by atoms with Crippen LogP contribution in [0.1, 0.15) is 5.69 Å². The zero-order valence-corrected chi connectivity index (χ0v) is 16.0. The molecule has 0 unspecified atom stereocenters. The van der Waals surface area contributed by atoms with Gasteiger partial charge in [-0.25, -0.2) is 0 Å². The molecular formula is C24H19N3O2. The van der Waals surface area contributed by atoms with Crippen LogP contribution in [-0.2, 0) is 0 Å². The van der Waals surface area contributed by atoms with Crippen molar-refractivity contribution in [2.45, 2.75) is 6.92 Å². The molecule has 0 atom stereocenters. The Morgan fingerprint density at radius 2 is 1.79 bits per heavy atom. The maximum absolute atomic E-state index is 5.78. The Kier molecular flexibility index (Phi) is 3.44. The van der Waals surface area contributed by atoms with E-state index in [0.29, 0.717) is 13.2 Å². The van der Waals surface area contributed by atoms with Gasteiger partial charge in [0.2, 0.25) is 0 Å². The predicted molar refractivity (Wildman–Crippen MR) is 114 cm³/mol. The first-order valence-corrected chi connectivity index (χ1v) is 9.73. The van der Waals surface area contributed by atoms with Crippen LogP contribution in [0.15, 0.2) is 66.9 Å². The number of aromatic nitrogens is 3. The molecule has 5 heteroatoms. The van der Waals surface area contributed by atoms with Crippen molar-refractivity contribution in [1.82, 2.24) is 14.8 Å². The van der Waals surface area contributed by atoms with E-state index in [1.807, 2.05) is 13.0 Å². The molecule has 0 bridgehead atoms. The summed E-state index contributed by atoms with van der Waals surface area (Å²) in [4.78, 5) is 0. The monoisotopic (exact) mass is 381 g/mol. The molecule has 0 spiro atoms. The summed E-state index contributed by atoms with van der Waals surface area (Å²) >= 11 is 0. The summed E-state index contributed by atoms with van der Waals surface area (Å²) in [6.45, 7) is 3.24. The molecule has 0 fully saturated rings. The van der Waals surface area contributed by atoms with E-state index in [1.165, 1.54) is 10.9 Å². The minimum atomic E-state index is 0.590. The van der Waals surface area contributed by atoms with Crippen molar-refractivity contribution in [3.05, 3.63) is 72.6 Å². The van der Waals surface area contributed by atoms with E-state index in [4.69, 9.17) is 9.47 Å². The van der Waals surface area contributed by atoms with E-state index in [1.54, 1.807) is 0 Å². The second-order valence-corrected chi connectivity index (χ2v) is 7.33. The molecule has 5 aromatic rings. The van der Waals surface area contributed by atoms with Gasteiger partial charge in [-0.1, -0.05) is 18.2 Å². The summed E-state index contributed by atoms with van der Waals surface area (Å²) < 4.78 is 13.7. The van der Waals surface area contributed by atoms with Crippen LogP contribution in [0.2, 0.25) is 0 Å². The van der Waals surface area contributed by atoms with Crippen molar-refractivity contribution < 1.29 is 9.47 Å². The summed E-state index contributed by atoms with van der Waals surface area (Å²) in [6, 6.07) is 21.1. The van der Waals surface area contributed by atoms with E-state index in [9.17, 15) is 0 Å². The fraction of sp³-hybridized carbons (Fsp3) is 0.125. The third-order valence-electron chi connectivity index (χ3n) is 5.59. The second kappa shape index (κ2) is 6.14. The zero-order valence-electron chi connectivity index (χ0n) is 16.0. The number of hydrogen-bond donors (Lipinski definition) is 1. The molecule has 142 valence electrons. The van der Waals surface area contributed by atoms with Gasteiger partial charge in [-0.15, -0.1) is 0 Å². The molecule has 0 radical (unpaired) electrons. The summed E-state index contributed by atoms with van der Waals surface area (Å²) in [5, 5.41) is 9.74. The highest BCUT2D eigenvalue weighted by molar-refractivity contribution is 5.97. The van der Waals surface area contributed by atoms with Crippen molar-refractivity contribution in [2.75, 3.05) is 13.2 Å². The average Bonchev–Trinajstić information content (AvgIpc) is 3.37. The molecular weight excluding hydrogens is 362 g/mol. The molecule has 29 heavy (non-hydrogen) atoms. The van der Waals surface area contributed by atoms with Gasteiger partial charge in [0.05, 0.1) is 11.0 Å². The van der Waals surface area contributed by atoms with Crippen LogP contribution in [0.5, 0.6) is 11.5 Å². The molecule has 0 saturated heterocycles. The van der Waals surface area contributed by atoms with E-state index in [2.05, 4.69) is 75.6 Å². The molecule has 0 saturated carbocycles. The molecule has 3 aromatic carbocycles. The molecule has 2 aromatic heterocycles. The molecule has 0 amide bonds. The largest absolute Gasteiger partial charge is 0.486 e. The van der Waals surface area contributed by atoms with Crippen LogP contribution >= 0.6 is 0 Å². The number of benzene rings is 3. The molecule has 0 aliphatic carbocycles. The van der Waals surface area contributed by atoms with Gasteiger partial charge >= 0.3 is 0 Å². The summed E-state index contributed by atoms with van der Waals surface area (Å²) in [6.07, 6.45) is 2.13. The number of aromatic amines is 1. The highest BCUT2D eigenvalue weighted by Gasteiger charge is 2.15. The number of aryl methyl sites for hydroxylation is 1. The van der Waals surface area contributed by atoms with Crippen molar-refractivity contribution >= 4 is 21.8 Å². The Morgan fingerprint density at radius 1 is 0.897 bits per heavy atom. The first-order chi connectivity index (χ1) is 14.3. The minimum Gasteiger partial charge on any atom is -0.486 e. The second-order valence-electron chi connectivity index (χ2n) is 7.33. The van der Waals surface area contributed by atoms with Gasteiger partial charge < -0.3 is 14.0 Å². The van der Waals surface area contributed by atoms with E-state index in [0.717, 1.165) is 44.9 Å². The minimum absolute atomic E-state index is 0.590. The smallest absolute Gasteiger partial charge is 0.161 e. The van der Waals surface area contributed by atoms with Crippen LogP contribution in [-0.4, -0.2) is 28.0 Å². The van der Waals surface area contributed by atoms with E-state index < -0.39 is 0 Å². The number of fused-ring (bicyclic) bond motifs is 3. The Hall–Kier alpha value is -3.73. The van der Waals surface area contributed by atoms with Crippen LogP contribution < -0.4 is 9.47 Å². The van der Waals surface area contributed by atoms with Gasteiger partial charge in [-0.3, -0.25) is 5.10 Å². The Balaban J connectivity index is 1.50. The molecule has 6 rings (SSSR count). The third kappa shape index (κ3) is 2.51. The highest BCUT2D eigenvalue weighted by atomic mass is 16.6. The first-order valence-electron chi connectivity index (χ1n) is 9.73. The lowest BCUT2D eigenvalue weighted by molar-refractivity contribution is 0.171. The SMILES string of the molecule is Cc1[nH]nc2ccc(-n3ccc4c(-c5ccc6c(c5)OCCO6)cccc43)cc12. The van der Waals surface area contributed by atoms with Gasteiger partial charge in [-0.05, 0) is 60.5 Å². The fourth-order valence-electron chi connectivity index (χ4n) is 4.13. The van der Waals surface area contributed by atoms with E-state index >= 15 is 0 Å². The van der Waals surface area contributed by atoms with Crippen LogP contribution in [0, 0.1) is 6.92 Å². The summed E-state index contributed by atoms with van der Waals surface area (Å²) in [5.41, 5.74) is 6.65. The highest BCUT2D eigenvalue weighted by Crippen LogP contribution is 2.37. The van der Waals surface area contributed by atoms with Gasteiger partial charge in [0.25, 0.3) is 0 Å². The van der Waals surface area contributed by atoms with Gasteiger partial charge in [0.15, 0.2) is 11.5 Å². The number of rotatable bonds is 2. The molecule has 1 aliphatic heterocycles. The van der Waals surface area contributed by atoms with Gasteiger partial charge in [0.1, 0.15) is 13.2 Å². The van der Waals surface area contributed by atoms with Crippen molar-refractivity contribution in [3.63, 3.8) is 0 Å². The maximum atomic E-state index is 5.78. The summed E-state index contributed by atoms with van der Waals surface area (Å²) in [7, 11) is 0. The predicted octanol–water partition coefficient (Wildman–Crippen LogP) is 5.25. The number of hydrogen-bond acceptors (Lipinski definition) is 3. The molecule has 1 N–H and O–H groups in total. The van der Waals surface area contributed by atoms with Crippen LogP contribution in [0.3, 0.4) is 0 Å². The number of ether oxygens (including phenoxy) is 2. The Bertz CT molecular complexity index is 1380. The number of H-pyrrole nitrogens is 1. The van der Waals surface area contributed by atoms with Crippen molar-refractivity contribution in [2.24, 2.45) is 0 Å². The average molecular weight is 381 g/mol. The van der Waals surface area contributed by atoms with Crippen LogP contribution in [0.4, 0.5) is 0 Å². The maximum Gasteiger partial charge on any atom is 0.161 e. The van der Waals surface area contributed by atoms with E-state index in [-0.39, 0.29) is 0 Å². The molecule has 3 heterocycles. The zero-order chi connectivity index (χ0) is 19.4. The lowest BCUT2D eigenvalue weighted by Crippen LogP contribution is -2.15. The van der Waals surface area contributed by atoms with Gasteiger partial charge in [0, 0.05) is 28.4 Å². The topological polar surface area (TPSA) is 52.1 Å². The van der Waals surface area contributed by atoms with Crippen molar-refractivity contribution in [3.8, 4) is 28.3 Å². The molecule has 5 nitrogen and oxygen atoms in total. The third-order valence-corrected chi connectivity index (χ3v) is 5.59. The Labute approximate surface area is 167 Å². The normalized spacial score (nSPS) is 13.3. The number of nitrogens with one attached hydrogen (secondary N) is 1. The van der Waals surface area contributed by atoms with Crippen molar-refractivity contribution in [1.29, 1.82) is 0 Å². The summed E-state index contributed by atoms with van der Waals surface area (Å²) in [5.74, 6) is 1.62. The fourth-order valence-corrected chi connectivity index (χ4v) is 4.13. The Morgan fingerprint density at radius 3 is 2.72 bits per heavy atom. The number of nitrogens with zero attached hydrogens (tertiary/aromatic N) is 2. The lowest BCUT2D eigenvalue weighted by Gasteiger charge is -2.19. The lowest BCUT2D eigenvalue weighted by atomic mass is 10.0. The molecule has 1 aliphatic rings. The quantitative estimate of drug-likeness (QED) is 0.454. The first kappa shape index (κ1) is 16.2. The van der Waals surface area contributed by atoms with Crippen LogP contribution in [0.25, 0.3) is 38.6 Å². The standard InChI is InChI=1S/C24H19N3O2/c1-15-20-14-17(6-7-21(20)26-25-15)27-10-9-19-18(3-2-4-22(19)27)16-5-8-23-24(13-16)29-12-11-28-23/h2-10,13-14H,11-12H2,1H3,(H,25,26). The van der Waals surface area contributed by atoms with Gasteiger partial charge in [-0.2, -0.15) is 5.10 Å².